The van der Waals surface area contributed by atoms with Crippen molar-refractivity contribution in [2.75, 3.05) is 19.3 Å². The summed E-state index contributed by atoms with van der Waals surface area (Å²) in [5.41, 5.74) is 9.80. The van der Waals surface area contributed by atoms with E-state index in [4.69, 9.17) is 5.73 Å². The van der Waals surface area contributed by atoms with Gasteiger partial charge in [0.2, 0.25) is 0 Å². The van der Waals surface area contributed by atoms with E-state index in [1.165, 1.54) is 24.0 Å². The van der Waals surface area contributed by atoms with Crippen molar-refractivity contribution in [1.29, 1.82) is 0 Å². The lowest BCUT2D eigenvalue weighted by atomic mass is 9.83. The molecule has 0 spiro atoms. The maximum absolute atomic E-state index is 5.98. The van der Waals surface area contributed by atoms with Crippen LogP contribution < -0.4 is 11.1 Å². The minimum atomic E-state index is 0.761. The van der Waals surface area contributed by atoms with Crippen molar-refractivity contribution in [3.8, 4) is 0 Å². The largest absolute Gasteiger partial charge is 0.398 e. The van der Waals surface area contributed by atoms with E-state index in [2.05, 4.69) is 17.4 Å². The minimum absolute atomic E-state index is 0.761. The topological polar surface area (TPSA) is 38.0 Å². The summed E-state index contributed by atoms with van der Waals surface area (Å²) in [6, 6.07) is 6.29. The second-order valence-electron chi connectivity index (χ2n) is 4.15. The fourth-order valence-electron chi connectivity index (χ4n) is 2.35. The third kappa shape index (κ3) is 1.75. The molecule has 0 aliphatic heterocycles. The molecule has 2 nitrogen and oxygen atoms in total. The molecule has 1 aliphatic carbocycles. The van der Waals surface area contributed by atoms with Crippen LogP contribution in [0.15, 0.2) is 18.2 Å². The van der Waals surface area contributed by atoms with Crippen LogP contribution >= 0.6 is 0 Å². The van der Waals surface area contributed by atoms with Gasteiger partial charge in [0, 0.05) is 5.69 Å². The maximum Gasteiger partial charge on any atom is 0.0349 e. The van der Waals surface area contributed by atoms with E-state index in [0.717, 1.165) is 24.6 Å². The highest BCUT2D eigenvalue weighted by molar-refractivity contribution is 5.52. The molecule has 0 saturated heterocycles. The number of nitrogen functional groups attached to an aromatic ring is 1. The van der Waals surface area contributed by atoms with Crippen LogP contribution in [0, 0.1) is 5.92 Å². The normalized spacial score (nSPS) is 20.5. The van der Waals surface area contributed by atoms with E-state index in [1.54, 1.807) is 0 Å². The minimum Gasteiger partial charge on any atom is -0.398 e. The van der Waals surface area contributed by atoms with Gasteiger partial charge in [0.05, 0.1) is 0 Å². The zero-order valence-electron chi connectivity index (χ0n) is 8.72. The quantitative estimate of drug-likeness (QED) is 0.695. The highest BCUT2D eigenvalue weighted by Crippen LogP contribution is 2.28. The smallest absolute Gasteiger partial charge is 0.0349 e. The summed E-state index contributed by atoms with van der Waals surface area (Å²) >= 11 is 0. The Kier molecular flexibility index (Phi) is 2.73. The Morgan fingerprint density at radius 3 is 3.14 bits per heavy atom. The van der Waals surface area contributed by atoms with Gasteiger partial charge in [0.25, 0.3) is 0 Å². The number of aryl methyl sites for hydroxylation is 1. The molecular weight excluding hydrogens is 172 g/mol. The van der Waals surface area contributed by atoms with Crippen molar-refractivity contribution in [3.63, 3.8) is 0 Å². The molecule has 0 aromatic heterocycles. The molecule has 0 amide bonds. The van der Waals surface area contributed by atoms with Gasteiger partial charge in [0.15, 0.2) is 0 Å². The molecular formula is C12H18N2. The van der Waals surface area contributed by atoms with Crippen LogP contribution in [0.4, 0.5) is 5.69 Å². The highest BCUT2D eigenvalue weighted by atomic mass is 14.8. The Morgan fingerprint density at radius 2 is 2.36 bits per heavy atom. The third-order valence-corrected chi connectivity index (χ3v) is 3.12. The van der Waals surface area contributed by atoms with Gasteiger partial charge in [-0.2, -0.15) is 0 Å². The Labute approximate surface area is 85.5 Å². The van der Waals surface area contributed by atoms with Crippen LogP contribution in [0.25, 0.3) is 0 Å². The number of hydrogen-bond donors (Lipinski definition) is 2. The van der Waals surface area contributed by atoms with Crippen molar-refractivity contribution in [3.05, 3.63) is 29.3 Å². The fourth-order valence-corrected chi connectivity index (χ4v) is 2.35. The fraction of sp³-hybridized carbons (Fsp3) is 0.500. The van der Waals surface area contributed by atoms with Crippen LogP contribution in [-0.4, -0.2) is 13.6 Å². The monoisotopic (exact) mass is 190 g/mol. The second kappa shape index (κ2) is 4.01. The van der Waals surface area contributed by atoms with Crippen LogP contribution in [0.3, 0.4) is 0 Å². The lowest BCUT2D eigenvalue weighted by Crippen LogP contribution is -2.25. The van der Waals surface area contributed by atoms with Gasteiger partial charge >= 0.3 is 0 Å². The van der Waals surface area contributed by atoms with Crippen molar-refractivity contribution in [2.24, 2.45) is 5.92 Å². The van der Waals surface area contributed by atoms with Crippen LogP contribution in [0.5, 0.6) is 0 Å². The molecule has 3 N–H and O–H groups in total. The van der Waals surface area contributed by atoms with E-state index >= 15 is 0 Å². The van der Waals surface area contributed by atoms with Gasteiger partial charge in [-0.25, -0.2) is 0 Å². The Hall–Kier alpha value is -1.02. The predicted octanol–water partition coefficient (Wildman–Crippen LogP) is 1.59. The van der Waals surface area contributed by atoms with Gasteiger partial charge in [-0.15, -0.1) is 0 Å². The molecule has 2 heteroatoms. The predicted molar refractivity (Wildman–Crippen MR) is 60.3 cm³/mol. The number of nitrogens with two attached hydrogens (primary N) is 1. The van der Waals surface area contributed by atoms with Gasteiger partial charge in [-0.05, 0) is 56.0 Å². The van der Waals surface area contributed by atoms with E-state index in [9.17, 15) is 0 Å². The molecule has 76 valence electrons. The van der Waals surface area contributed by atoms with E-state index in [1.807, 2.05) is 13.1 Å². The van der Waals surface area contributed by atoms with Crippen LogP contribution in [0.1, 0.15) is 17.5 Å². The number of rotatable bonds is 2. The van der Waals surface area contributed by atoms with E-state index < -0.39 is 0 Å². The first kappa shape index (κ1) is 9.53. The molecule has 0 radical (unpaired) electrons. The summed E-state index contributed by atoms with van der Waals surface area (Å²) < 4.78 is 0. The molecule has 1 aromatic rings. The Morgan fingerprint density at radius 1 is 1.50 bits per heavy atom. The maximum atomic E-state index is 5.98. The number of nitrogens with one attached hydrogen (secondary N) is 1. The van der Waals surface area contributed by atoms with Gasteiger partial charge in [-0.3, -0.25) is 0 Å². The molecule has 0 bridgehead atoms. The average molecular weight is 190 g/mol. The van der Waals surface area contributed by atoms with Crippen molar-refractivity contribution < 1.29 is 0 Å². The molecule has 1 atom stereocenters. The summed E-state index contributed by atoms with van der Waals surface area (Å²) in [7, 11) is 2.02. The first-order chi connectivity index (χ1) is 6.81. The Balaban J connectivity index is 2.20. The summed E-state index contributed by atoms with van der Waals surface area (Å²) in [5, 5.41) is 3.25. The molecule has 1 aliphatic rings. The van der Waals surface area contributed by atoms with E-state index in [0.29, 0.717) is 0 Å². The van der Waals surface area contributed by atoms with Gasteiger partial charge in [0.1, 0.15) is 0 Å². The Bertz CT molecular complexity index is 320. The van der Waals surface area contributed by atoms with Crippen LogP contribution in [0.2, 0.25) is 0 Å². The molecule has 2 rings (SSSR count). The lowest BCUT2D eigenvalue weighted by molar-refractivity contribution is 0.441. The lowest BCUT2D eigenvalue weighted by Gasteiger charge is -2.25. The molecule has 14 heavy (non-hydrogen) atoms. The SMILES string of the molecule is CNCC1CCc2cccc(N)c2C1. The highest BCUT2D eigenvalue weighted by Gasteiger charge is 2.19. The zero-order chi connectivity index (χ0) is 9.97. The van der Waals surface area contributed by atoms with Crippen molar-refractivity contribution in [2.45, 2.75) is 19.3 Å². The average Bonchev–Trinajstić information content (AvgIpc) is 2.20. The van der Waals surface area contributed by atoms with Gasteiger partial charge < -0.3 is 11.1 Å². The third-order valence-electron chi connectivity index (χ3n) is 3.12. The number of benzene rings is 1. The summed E-state index contributed by atoms with van der Waals surface area (Å²) in [6.45, 7) is 1.10. The van der Waals surface area contributed by atoms with E-state index in [-0.39, 0.29) is 0 Å². The molecule has 0 saturated carbocycles. The summed E-state index contributed by atoms with van der Waals surface area (Å²) in [4.78, 5) is 0. The standard InChI is InChI=1S/C12H18N2/c1-14-8-9-5-6-10-3-2-4-12(13)11(10)7-9/h2-4,9,14H,5-8,13H2,1H3. The van der Waals surface area contributed by atoms with Crippen LogP contribution in [-0.2, 0) is 12.8 Å². The molecule has 0 heterocycles. The van der Waals surface area contributed by atoms with Gasteiger partial charge in [-0.1, -0.05) is 12.1 Å². The molecule has 1 aromatic carbocycles. The summed E-state index contributed by atoms with van der Waals surface area (Å²) in [6.07, 6.45) is 3.62. The first-order valence-corrected chi connectivity index (χ1v) is 5.32. The second-order valence-corrected chi connectivity index (χ2v) is 4.15. The molecule has 1 unspecified atom stereocenters. The van der Waals surface area contributed by atoms with Crippen molar-refractivity contribution in [1.82, 2.24) is 5.32 Å². The number of hydrogen-bond acceptors (Lipinski definition) is 2. The number of fused-ring (bicyclic) bond motifs is 1. The van der Waals surface area contributed by atoms with Crippen molar-refractivity contribution >= 4 is 5.69 Å². The molecule has 0 fully saturated rings. The number of anilines is 1. The first-order valence-electron chi connectivity index (χ1n) is 5.32. The summed E-state index contributed by atoms with van der Waals surface area (Å²) in [5.74, 6) is 0.761. The zero-order valence-corrected chi connectivity index (χ0v) is 8.72.